The molecule has 0 fully saturated rings. The van der Waals surface area contributed by atoms with Crippen molar-refractivity contribution < 1.29 is 0 Å². The average molecular weight is 229 g/mol. The second-order valence-corrected chi connectivity index (χ2v) is 3.23. The number of hydrogen-bond acceptors (Lipinski definition) is 5. The van der Waals surface area contributed by atoms with Gasteiger partial charge >= 0.3 is 5.69 Å². The van der Waals surface area contributed by atoms with Crippen molar-refractivity contribution >= 4 is 0 Å². The summed E-state index contributed by atoms with van der Waals surface area (Å²) in [4.78, 5) is 27.1. The summed E-state index contributed by atoms with van der Waals surface area (Å²) >= 11 is 0. The van der Waals surface area contributed by atoms with Gasteiger partial charge in [0.25, 0.3) is 5.56 Å². The lowest BCUT2D eigenvalue weighted by molar-refractivity contribution is 0.647. The first kappa shape index (κ1) is 10.8. The second kappa shape index (κ2) is 4.02. The molecule has 0 spiro atoms. The maximum atomic E-state index is 11.8. The van der Waals surface area contributed by atoms with Gasteiger partial charge in [0, 0.05) is 13.2 Å². The zero-order chi connectivity index (χ0) is 12.4. The van der Waals surface area contributed by atoms with E-state index in [1.807, 2.05) is 0 Å². The summed E-state index contributed by atoms with van der Waals surface area (Å²) in [6.07, 6.45) is 2.96. The molecule has 84 valence electrons. The van der Waals surface area contributed by atoms with E-state index in [2.05, 4.69) is 10.1 Å². The highest BCUT2D eigenvalue weighted by molar-refractivity contribution is 5.26. The van der Waals surface area contributed by atoms with Crippen molar-refractivity contribution in [3.8, 4) is 11.8 Å². The Morgan fingerprint density at radius 3 is 2.76 bits per heavy atom. The van der Waals surface area contributed by atoms with Crippen molar-refractivity contribution in [2.24, 2.45) is 7.05 Å². The molecular formula is C10H7N5O2. The topological polar surface area (TPSA) is 93.6 Å². The molecular weight excluding hydrogens is 222 g/mol. The van der Waals surface area contributed by atoms with Crippen molar-refractivity contribution in [1.29, 1.82) is 5.26 Å². The predicted molar refractivity (Wildman–Crippen MR) is 57.6 cm³/mol. The first-order chi connectivity index (χ1) is 8.15. The SMILES string of the molecule is Cn1c(=O)c(C#N)nn(-c2cccnc2)c1=O. The van der Waals surface area contributed by atoms with Crippen LogP contribution in [0, 0.1) is 11.3 Å². The number of nitrogens with zero attached hydrogens (tertiary/aromatic N) is 5. The lowest BCUT2D eigenvalue weighted by Gasteiger charge is -2.05. The van der Waals surface area contributed by atoms with E-state index in [0.29, 0.717) is 5.69 Å². The number of hydrogen-bond donors (Lipinski definition) is 0. The zero-order valence-electron chi connectivity index (χ0n) is 8.86. The molecule has 0 aliphatic heterocycles. The van der Waals surface area contributed by atoms with Crippen LogP contribution in [0.25, 0.3) is 5.69 Å². The highest BCUT2D eigenvalue weighted by Gasteiger charge is 2.10. The lowest BCUT2D eigenvalue weighted by atomic mass is 10.4. The number of rotatable bonds is 1. The summed E-state index contributed by atoms with van der Waals surface area (Å²) < 4.78 is 1.80. The summed E-state index contributed by atoms with van der Waals surface area (Å²) in [5.74, 6) is 0. The van der Waals surface area contributed by atoms with Crippen LogP contribution >= 0.6 is 0 Å². The first-order valence-corrected chi connectivity index (χ1v) is 4.66. The van der Waals surface area contributed by atoms with Crippen molar-refractivity contribution in [2.75, 3.05) is 0 Å². The minimum Gasteiger partial charge on any atom is -0.266 e. The van der Waals surface area contributed by atoms with E-state index in [9.17, 15) is 9.59 Å². The highest BCUT2D eigenvalue weighted by Crippen LogP contribution is 1.98. The van der Waals surface area contributed by atoms with Crippen LogP contribution in [-0.4, -0.2) is 19.3 Å². The van der Waals surface area contributed by atoms with Gasteiger partial charge in [0.1, 0.15) is 6.07 Å². The second-order valence-electron chi connectivity index (χ2n) is 3.23. The fourth-order valence-electron chi connectivity index (χ4n) is 1.29. The van der Waals surface area contributed by atoms with Crippen LogP contribution in [0.2, 0.25) is 0 Å². The summed E-state index contributed by atoms with van der Waals surface area (Å²) in [6, 6.07) is 4.88. The van der Waals surface area contributed by atoms with Gasteiger partial charge in [-0.25, -0.2) is 4.79 Å². The molecule has 0 radical (unpaired) electrons. The zero-order valence-corrected chi connectivity index (χ0v) is 8.86. The molecule has 2 aromatic heterocycles. The smallest absolute Gasteiger partial charge is 0.266 e. The molecule has 2 aromatic rings. The van der Waals surface area contributed by atoms with E-state index in [4.69, 9.17) is 5.26 Å². The third-order valence-electron chi connectivity index (χ3n) is 2.17. The van der Waals surface area contributed by atoms with E-state index < -0.39 is 11.2 Å². The molecule has 0 aliphatic rings. The average Bonchev–Trinajstić information content (AvgIpc) is 2.37. The maximum absolute atomic E-state index is 11.8. The van der Waals surface area contributed by atoms with Crippen LogP contribution in [0.4, 0.5) is 0 Å². The van der Waals surface area contributed by atoms with Crippen LogP contribution in [0.15, 0.2) is 34.1 Å². The van der Waals surface area contributed by atoms with Crippen LogP contribution < -0.4 is 11.2 Å². The van der Waals surface area contributed by atoms with Crippen molar-refractivity contribution in [2.45, 2.75) is 0 Å². The normalized spacial score (nSPS) is 9.88. The van der Waals surface area contributed by atoms with Gasteiger partial charge < -0.3 is 0 Å². The Hall–Kier alpha value is -2.75. The van der Waals surface area contributed by atoms with Gasteiger partial charge in [-0.05, 0) is 12.1 Å². The molecule has 17 heavy (non-hydrogen) atoms. The molecule has 0 unspecified atom stereocenters. The fourth-order valence-corrected chi connectivity index (χ4v) is 1.29. The quantitative estimate of drug-likeness (QED) is 0.638. The minimum atomic E-state index is -0.711. The molecule has 0 aliphatic carbocycles. The molecule has 0 N–H and O–H groups in total. The number of nitriles is 1. The number of pyridine rings is 1. The van der Waals surface area contributed by atoms with Gasteiger partial charge in [0.15, 0.2) is 0 Å². The van der Waals surface area contributed by atoms with Gasteiger partial charge in [-0.15, -0.1) is 5.10 Å². The van der Waals surface area contributed by atoms with Crippen molar-refractivity contribution in [3.63, 3.8) is 0 Å². The Morgan fingerprint density at radius 2 is 2.18 bits per heavy atom. The third-order valence-corrected chi connectivity index (χ3v) is 2.17. The molecule has 2 heterocycles. The van der Waals surface area contributed by atoms with E-state index >= 15 is 0 Å². The van der Waals surface area contributed by atoms with E-state index in [1.165, 1.54) is 13.2 Å². The maximum Gasteiger partial charge on any atom is 0.352 e. The Balaban J connectivity index is 2.82. The molecule has 0 saturated carbocycles. The highest BCUT2D eigenvalue weighted by atomic mass is 16.2. The van der Waals surface area contributed by atoms with Gasteiger partial charge in [-0.3, -0.25) is 14.3 Å². The molecule has 0 aromatic carbocycles. The third kappa shape index (κ3) is 1.72. The summed E-state index contributed by atoms with van der Waals surface area (Å²) in [5, 5.41) is 12.4. The molecule has 0 atom stereocenters. The van der Waals surface area contributed by atoms with Gasteiger partial charge in [-0.2, -0.15) is 9.94 Å². The standard InChI is InChI=1S/C10H7N5O2/c1-14-9(16)8(5-11)13-15(10(14)17)7-3-2-4-12-6-7/h2-4,6H,1H3. The van der Waals surface area contributed by atoms with Crippen LogP contribution in [0.5, 0.6) is 0 Å². The van der Waals surface area contributed by atoms with Crippen molar-refractivity contribution in [3.05, 3.63) is 51.1 Å². The minimum absolute atomic E-state index is 0.337. The largest absolute Gasteiger partial charge is 0.352 e. The Kier molecular flexibility index (Phi) is 2.54. The van der Waals surface area contributed by atoms with Gasteiger partial charge in [-0.1, -0.05) is 0 Å². The van der Waals surface area contributed by atoms with Crippen LogP contribution in [-0.2, 0) is 7.05 Å². The summed E-state index contributed by atoms with van der Waals surface area (Å²) in [5.41, 5.74) is -1.28. The van der Waals surface area contributed by atoms with Crippen molar-refractivity contribution in [1.82, 2.24) is 19.3 Å². The first-order valence-electron chi connectivity index (χ1n) is 4.66. The molecule has 7 nitrogen and oxygen atoms in total. The Labute approximate surface area is 95.2 Å². The van der Waals surface area contributed by atoms with E-state index in [0.717, 1.165) is 9.25 Å². The summed E-state index contributed by atoms with van der Waals surface area (Å²) in [7, 11) is 1.29. The van der Waals surface area contributed by atoms with Crippen LogP contribution in [0.3, 0.4) is 0 Å². The molecule has 0 saturated heterocycles. The van der Waals surface area contributed by atoms with Gasteiger partial charge in [0.2, 0.25) is 5.69 Å². The molecule has 0 amide bonds. The summed E-state index contributed by atoms with van der Waals surface area (Å²) in [6.45, 7) is 0. The monoisotopic (exact) mass is 229 g/mol. The fraction of sp³-hybridized carbons (Fsp3) is 0.100. The lowest BCUT2D eigenvalue weighted by Crippen LogP contribution is -2.40. The Morgan fingerprint density at radius 1 is 1.41 bits per heavy atom. The Bertz CT molecular complexity index is 708. The van der Waals surface area contributed by atoms with E-state index in [1.54, 1.807) is 24.4 Å². The van der Waals surface area contributed by atoms with Gasteiger partial charge in [0.05, 0.1) is 11.9 Å². The molecule has 2 rings (SSSR count). The van der Waals surface area contributed by atoms with E-state index in [-0.39, 0.29) is 5.69 Å². The predicted octanol–water partition coefficient (Wildman–Crippen LogP) is -0.802. The number of aromatic nitrogens is 4. The van der Waals surface area contributed by atoms with Crippen LogP contribution in [0.1, 0.15) is 5.69 Å². The molecule has 0 bridgehead atoms. The molecule has 7 heteroatoms.